The number of anilines is 1. The Bertz CT molecular complexity index is 555. The van der Waals surface area contributed by atoms with E-state index >= 15 is 0 Å². The third-order valence-corrected chi connectivity index (χ3v) is 5.35. The van der Waals surface area contributed by atoms with Crippen LogP contribution in [0, 0.1) is 13.8 Å². The summed E-state index contributed by atoms with van der Waals surface area (Å²) in [5.41, 5.74) is 8.19. The monoisotopic (exact) mass is 297 g/mol. The molecular formula is C14H23N3O2S. The molecule has 3 N–H and O–H groups in total. The number of nitrogens with one attached hydrogen (secondary N) is 1. The number of benzene rings is 1. The van der Waals surface area contributed by atoms with Gasteiger partial charge in [0.15, 0.2) is 0 Å². The maximum atomic E-state index is 12.2. The van der Waals surface area contributed by atoms with E-state index < -0.39 is 10.0 Å². The maximum absolute atomic E-state index is 12.2. The predicted molar refractivity (Wildman–Crippen MR) is 81.2 cm³/mol. The summed E-state index contributed by atoms with van der Waals surface area (Å²) in [5.74, 6) is 0. The third kappa shape index (κ3) is 3.50. The van der Waals surface area contributed by atoms with Crippen molar-refractivity contribution in [3.63, 3.8) is 0 Å². The minimum atomic E-state index is -3.47. The van der Waals surface area contributed by atoms with Crippen LogP contribution in [-0.2, 0) is 10.0 Å². The van der Waals surface area contributed by atoms with Crippen LogP contribution in [-0.4, -0.2) is 39.5 Å². The molecule has 1 fully saturated rings. The van der Waals surface area contributed by atoms with Crippen LogP contribution in [0.15, 0.2) is 17.0 Å². The lowest BCUT2D eigenvalue weighted by Crippen LogP contribution is -2.33. The van der Waals surface area contributed by atoms with Crippen LogP contribution in [0.25, 0.3) is 0 Å². The average Bonchev–Trinajstić information content (AvgIpc) is 2.88. The van der Waals surface area contributed by atoms with Gasteiger partial charge in [-0.05, 0) is 63.0 Å². The molecule has 0 atom stereocenters. The first-order valence-electron chi connectivity index (χ1n) is 6.99. The Hall–Kier alpha value is -1.11. The van der Waals surface area contributed by atoms with E-state index in [2.05, 4.69) is 9.62 Å². The lowest BCUT2D eigenvalue weighted by Gasteiger charge is -2.15. The minimum Gasteiger partial charge on any atom is -0.398 e. The molecule has 0 saturated carbocycles. The van der Waals surface area contributed by atoms with Crippen LogP contribution >= 0.6 is 0 Å². The third-order valence-electron chi connectivity index (χ3n) is 3.91. The minimum absolute atomic E-state index is 0.250. The molecule has 0 amide bonds. The Morgan fingerprint density at radius 1 is 1.25 bits per heavy atom. The van der Waals surface area contributed by atoms with Gasteiger partial charge in [0.05, 0.1) is 4.90 Å². The number of nitrogen functional groups attached to an aromatic ring is 1. The van der Waals surface area contributed by atoms with Crippen molar-refractivity contribution < 1.29 is 8.42 Å². The molecule has 1 aliphatic rings. The van der Waals surface area contributed by atoms with Gasteiger partial charge in [0.25, 0.3) is 0 Å². The van der Waals surface area contributed by atoms with Crippen LogP contribution in [0.1, 0.15) is 24.0 Å². The number of aryl methyl sites for hydroxylation is 1. The average molecular weight is 297 g/mol. The Balaban J connectivity index is 2.02. The Kier molecular flexibility index (Phi) is 4.67. The molecule has 1 aromatic rings. The molecule has 1 aromatic carbocycles. The largest absolute Gasteiger partial charge is 0.398 e. The number of hydrogen-bond donors (Lipinski definition) is 2. The van der Waals surface area contributed by atoms with Crippen LogP contribution in [0.5, 0.6) is 0 Å². The first kappa shape index (κ1) is 15.3. The van der Waals surface area contributed by atoms with E-state index in [-0.39, 0.29) is 4.90 Å². The fraction of sp³-hybridized carbons (Fsp3) is 0.571. The van der Waals surface area contributed by atoms with Gasteiger partial charge < -0.3 is 10.6 Å². The summed E-state index contributed by atoms with van der Waals surface area (Å²) >= 11 is 0. The summed E-state index contributed by atoms with van der Waals surface area (Å²) in [4.78, 5) is 2.52. The van der Waals surface area contributed by atoms with Crippen molar-refractivity contribution in [2.45, 2.75) is 31.6 Å². The van der Waals surface area contributed by atoms with Gasteiger partial charge in [0.2, 0.25) is 10.0 Å². The van der Waals surface area contributed by atoms with Crippen LogP contribution in [0.2, 0.25) is 0 Å². The Morgan fingerprint density at radius 3 is 2.50 bits per heavy atom. The number of hydrogen-bond acceptors (Lipinski definition) is 4. The Morgan fingerprint density at radius 2 is 1.90 bits per heavy atom. The second kappa shape index (κ2) is 6.11. The summed E-state index contributed by atoms with van der Waals surface area (Å²) in [6.45, 7) is 7.10. The first-order valence-corrected chi connectivity index (χ1v) is 8.47. The molecular weight excluding hydrogens is 274 g/mol. The highest BCUT2D eigenvalue weighted by atomic mass is 32.2. The lowest BCUT2D eigenvalue weighted by atomic mass is 10.1. The lowest BCUT2D eigenvalue weighted by molar-refractivity contribution is 0.344. The number of rotatable bonds is 5. The van der Waals surface area contributed by atoms with Gasteiger partial charge in [0, 0.05) is 18.8 Å². The molecule has 1 heterocycles. The van der Waals surface area contributed by atoms with Gasteiger partial charge in [-0.25, -0.2) is 13.1 Å². The second-order valence-electron chi connectivity index (χ2n) is 5.40. The number of sulfonamides is 1. The zero-order valence-electron chi connectivity index (χ0n) is 12.1. The molecule has 0 aliphatic carbocycles. The summed E-state index contributed by atoms with van der Waals surface area (Å²) in [6, 6.07) is 3.20. The van der Waals surface area contributed by atoms with E-state index in [0.29, 0.717) is 12.2 Å². The highest BCUT2D eigenvalue weighted by Crippen LogP contribution is 2.21. The van der Waals surface area contributed by atoms with Crippen molar-refractivity contribution in [2.75, 3.05) is 31.9 Å². The van der Waals surface area contributed by atoms with Crippen LogP contribution in [0.3, 0.4) is 0 Å². The molecule has 2 rings (SSSR count). The second-order valence-corrected chi connectivity index (χ2v) is 7.17. The van der Waals surface area contributed by atoms with Crippen molar-refractivity contribution in [1.82, 2.24) is 9.62 Å². The topological polar surface area (TPSA) is 75.4 Å². The van der Waals surface area contributed by atoms with Crippen molar-refractivity contribution in [2.24, 2.45) is 0 Å². The number of nitrogens with zero attached hydrogens (tertiary/aromatic N) is 1. The van der Waals surface area contributed by atoms with Crippen molar-refractivity contribution in [3.05, 3.63) is 23.3 Å². The van der Waals surface area contributed by atoms with Gasteiger partial charge in [-0.3, -0.25) is 0 Å². The molecule has 1 saturated heterocycles. The van der Waals surface area contributed by atoms with E-state index in [1.807, 2.05) is 13.8 Å². The SMILES string of the molecule is Cc1cc(S(=O)(=O)NCCN2CCCC2)cc(N)c1C. The molecule has 6 heteroatoms. The highest BCUT2D eigenvalue weighted by Gasteiger charge is 2.17. The van der Waals surface area contributed by atoms with E-state index in [4.69, 9.17) is 5.73 Å². The normalized spacial score (nSPS) is 16.7. The van der Waals surface area contributed by atoms with Gasteiger partial charge in [-0.2, -0.15) is 0 Å². The van der Waals surface area contributed by atoms with E-state index in [0.717, 1.165) is 30.8 Å². The molecule has 0 radical (unpaired) electrons. The molecule has 0 aromatic heterocycles. The fourth-order valence-electron chi connectivity index (χ4n) is 2.44. The summed E-state index contributed by atoms with van der Waals surface area (Å²) < 4.78 is 27.1. The van der Waals surface area contributed by atoms with E-state index in [9.17, 15) is 8.42 Å². The predicted octanol–water partition coefficient (Wildman–Crippen LogP) is 1.26. The van der Waals surface area contributed by atoms with Crippen molar-refractivity contribution in [3.8, 4) is 0 Å². The fourth-order valence-corrected chi connectivity index (χ4v) is 3.58. The molecule has 112 valence electrons. The molecule has 5 nitrogen and oxygen atoms in total. The van der Waals surface area contributed by atoms with E-state index in [1.165, 1.54) is 18.9 Å². The summed E-state index contributed by atoms with van der Waals surface area (Å²) in [7, 11) is -3.47. The quantitative estimate of drug-likeness (QED) is 0.802. The zero-order chi connectivity index (χ0) is 14.8. The summed E-state index contributed by atoms with van der Waals surface area (Å²) in [5, 5.41) is 0. The van der Waals surface area contributed by atoms with Gasteiger partial charge in [0.1, 0.15) is 0 Å². The van der Waals surface area contributed by atoms with Crippen molar-refractivity contribution in [1.29, 1.82) is 0 Å². The zero-order valence-corrected chi connectivity index (χ0v) is 13.0. The van der Waals surface area contributed by atoms with Crippen molar-refractivity contribution >= 4 is 15.7 Å². The maximum Gasteiger partial charge on any atom is 0.240 e. The standard InChI is InChI=1S/C14H23N3O2S/c1-11-9-13(10-14(15)12(11)2)20(18,19)16-5-8-17-6-3-4-7-17/h9-10,16H,3-8,15H2,1-2H3. The molecule has 1 aliphatic heterocycles. The van der Waals surface area contributed by atoms with Crippen LogP contribution < -0.4 is 10.5 Å². The smallest absolute Gasteiger partial charge is 0.240 e. The molecule has 20 heavy (non-hydrogen) atoms. The molecule has 0 bridgehead atoms. The van der Waals surface area contributed by atoms with Gasteiger partial charge >= 0.3 is 0 Å². The molecule has 0 spiro atoms. The number of likely N-dealkylation sites (tertiary alicyclic amines) is 1. The first-order chi connectivity index (χ1) is 9.40. The highest BCUT2D eigenvalue weighted by molar-refractivity contribution is 7.89. The van der Waals surface area contributed by atoms with Crippen LogP contribution in [0.4, 0.5) is 5.69 Å². The number of nitrogens with two attached hydrogens (primary N) is 1. The summed E-state index contributed by atoms with van der Waals surface area (Å²) in [6.07, 6.45) is 2.42. The Labute approximate surface area is 121 Å². The van der Waals surface area contributed by atoms with E-state index in [1.54, 1.807) is 6.07 Å². The van der Waals surface area contributed by atoms with Gasteiger partial charge in [-0.1, -0.05) is 0 Å². The van der Waals surface area contributed by atoms with Gasteiger partial charge in [-0.15, -0.1) is 0 Å². The molecule has 0 unspecified atom stereocenters.